The van der Waals surface area contributed by atoms with Gasteiger partial charge in [0.1, 0.15) is 6.61 Å². The highest BCUT2D eigenvalue weighted by atomic mass is 16.6. The molecule has 2 unspecified atom stereocenters. The molecule has 0 aliphatic heterocycles. The highest BCUT2D eigenvalue weighted by molar-refractivity contribution is 5.72. The molecule has 0 rings (SSSR count). The molecule has 8 nitrogen and oxygen atoms in total. The molecule has 0 aliphatic carbocycles. The Balaban J connectivity index is 4.14. The monoisotopic (exact) mass is 881 g/mol. The number of hydrogen-bond donors (Lipinski definition) is 1. The van der Waals surface area contributed by atoms with E-state index in [1.807, 2.05) is 21.1 Å². The topological polar surface area (TPSA) is 99.1 Å². The van der Waals surface area contributed by atoms with Gasteiger partial charge in [0.05, 0.1) is 34.4 Å². The standard InChI is InChI=1S/C54H105NO7/c1-6-8-10-12-14-16-18-20-22-24-25-26-27-28-29-31-33-35-37-39-41-43-45-53(57)62-50(48-60-47-46-51(54(58)59)55(3,4)5)49-61-52(56)44-42-40-38-36-34-32-30-23-21-19-17-15-13-11-9-7-2/h50-51H,6-49H2,1-5H3/p+1. The molecular weight excluding hydrogens is 775 g/mol. The van der Waals surface area contributed by atoms with Crippen molar-refractivity contribution in [1.29, 1.82) is 0 Å². The lowest BCUT2D eigenvalue weighted by Crippen LogP contribution is -2.50. The van der Waals surface area contributed by atoms with Crippen LogP contribution in [0.3, 0.4) is 0 Å². The zero-order chi connectivity index (χ0) is 45.6. The van der Waals surface area contributed by atoms with Crippen molar-refractivity contribution < 1.29 is 38.2 Å². The highest BCUT2D eigenvalue weighted by Gasteiger charge is 2.31. The van der Waals surface area contributed by atoms with Crippen LogP contribution in [0.25, 0.3) is 0 Å². The van der Waals surface area contributed by atoms with Crippen molar-refractivity contribution in [2.75, 3.05) is 41.0 Å². The summed E-state index contributed by atoms with van der Waals surface area (Å²) in [6.07, 6.45) is 50.1. The molecule has 2 atom stereocenters. The number of carboxylic acids is 1. The lowest BCUT2D eigenvalue weighted by atomic mass is 10.0. The molecule has 0 heterocycles. The van der Waals surface area contributed by atoms with E-state index in [0.29, 0.717) is 19.3 Å². The molecule has 0 aromatic carbocycles. The number of likely N-dealkylation sites (N-methyl/N-ethyl adjacent to an activating group) is 1. The SMILES string of the molecule is CCCCCCCCCCCCCCCCCCCCCCCCC(=O)OC(COCCC(C(=O)O)[N+](C)(C)C)COC(=O)CCCCCCCCCCCCCCCCCC. The summed E-state index contributed by atoms with van der Waals surface area (Å²) in [7, 11) is 5.55. The molecule has 62 heavy (non-hydrogen) atoms. The van der Waals surface area contributed by atoms with Gasteiger partial charge in [0.25, 0.3) is 0 Å². The number of carboxylic acid groups (broad SMARTS) is 1. The Morgan fingerprint density at radius 1 is 0.419 bits per heavy atom. The summed E-state index contributed by atoms with van der Waals surface area (Å²) >= 11 is 0. The van der Waals surface area contributed by atoms with Crippen LogP contribution in [0.1, 0.15) is 277 Å². The lowest BCUT2D eigenvalue weighted by molar-refractivity contribution is -0.887. The quantitative estimate of drug-likeness (QED) is 0.0369. The van der Waals surface area contributed by atoms with Crippen molar-refractivity contribution in [3.8, 4) is 0 Å². The van der Waals surface area contributed by atoms with Gasteiger partial charge in [-0.3, -0.25) is 9.59 Å². The number of rotatable bonds is 50. The van der Waals surface area contributed by atoms with Crippen LogP contribution in [0.5, 0.6) is 0 Å². The summed E-state index contributed by atoms with van der Waals surface area (Å²) in [5.41, 5.74) is 0. The molecule has 0 aromatic rings. The van der Waals surface area contributed by atoms with E-state index in [1.54, 1.807) is 0 Å². The summed E-state index contributed by atoms with van der Waals surface area (Å²) in [4.78, 5) is 37.2. The number of quaternary nitrogens is 1. The van der Waals surface area contributed by atoms with Gasteiger partial charge in [-0.2, -0.15) is 0 Å². The van der Waals surface area contributed by atoms with Gasteiger partial charge in [0.15, 0.2) is 12.1 Å². The Hall–Kier alpha value is -1.67. The van der Waals surface area contributed by atoms with E-state index in [2.05, 4.69) is 13.8 Å². The van der Waals surface area contributed by atoms with Crippen LogP contribution in [-0.2, 0) is 28.6 Å². The molecule has 0 fully saturated rings. The minimum absolute atomic E-state index is 0.0412. The Morgan fingerprint density at radius 2 is 0.710 bits per heavy atom. The lowest BCUT2D eigenvalue weighted by Gasteiger charge is -2.31. The highest BCUT2D eigenvalue weighted by Crippen LogP contribution is 2.18. The molecule has 368 valence electrons. The van der Waals surface area contributed by atoms with Gasteiger partial charge in [-0.25, -0.2) is 4.79 Å². The predicted octanol–water partition coefficient (Wildman–Crippen LogP) is 15.7. The molecule has 1 N–H and O–H groups in total. The third-order valence-corrected chi connectivity index (χ3v) is 12.8. The number of unbranched alkanes of at least 4 members (excludes halogenated alkanes) is 36. The van der Waals surface area contributed by atoms with Crippen molar-refractivity contribution in [3.63, 3.8) is 0 Å². The molecule has 0 saturated carbocycles. The van der Waals surface area contributed by atoms with Gasteiger partial charge in [-0.1, -0.05) is 245 Å². The maximum Gasteiger partial charge on any atom is 0.362 e. The van der Waals surface area contributed by atoms with Crippen molar-refractivity contribution in [2.24, 2.45) is 0 Å². The van der Waals surface area contributed by atoms with Crippen LogP contribution in [0, 0.1) is 0 Å². The van der Waals surface area contributed by atoms with E-state index in [9.17, 15) is 19.5 Å². The Labute approximate surface area is 385 Å². The molecule has 0 radical (unpaired) electrons. The number of nitrogens with zero attached hydrogens (tertiary/aromatic N) is 1. The average molecular weight is 881 g/mol. The van der Waals surface area contributed by atoms with Gasteiger partial charge < -0.3 is 23.8 Å². The average Bonchev–Trinajstić information content (AvgIpc) is 3.23. The second-order valence-corrected chi connectivity index (χ2v) is 19.9. The normalized spacial score (nSPS) is 12.7. The van der Waals surface area contributed by atoms with E-state index in [0.717, 1.165) is 38.5 Å². The van der Waals surface area contributed by atoms with Crippen molar-refractivity contribution in [1.82, 2.24) is 0 Å². The number of ether oxygens (including phenoxy) is 3. The number of carbonyl (C=O) groups excluding carboxylic acids is 2. The molecule has 0 saturated heterocycles. The van der Waals surface area contributed by atoms with E-state index >= 15 is 0 Å². The molecule has 0 spiro atoms. The van der Waals surface area contributed by atoms with Gasteiger partial charge in [0, 0.05) is 19.3 Å². The van der Waals surface area contributed by atoms with E-state index in [-0.39, 0.29) is 36.2 Å². The number of esters is 2. The summed E-state index contributed by atoms with van der Waals surface area (Å²) in [5.74, 6) is -1.44. The fraction of sp³-hybridized carbons (Fsp3) is 0.944. The molecule has 0 aliphatic rings. The van der Waals surface area contributed by atoms with E-state index in [1.165, 1.54) is 205 Å². The first-order valence-electron chi connectivity index (χ1n) is 27.1. The van der Waals surface area contributed by atoms with Gasteiger partial charge >= 0.3 is 17.9 Å². The Kier molecular flexibility index (Phi) is 44.6. The second-order valence-electron chi connectivity index (χ2n) is 19.9. The zero-order valence-electron chi connectivity index (χ0n) is 42.1. The first kappa shape index (κ1) is 60.3. The fourth-order valence-electron chi connectivity index (χ4n) is 8.57. The van der Waals surface area contributed by atoms with Gasteiger partial charge in [-0.15, -0.1) is 0 Å². The van der Waals surface area contributed by atoms with Crippen molar-refractivity contribution in [3.05, 3.63) is 0 Å². The second kappa shape index (κ2) is 45.9. The Morgan fingerprint density at radius 3 is 1.00 bits per heavy atom. The van der Waals surface area contributed by atoms with Crippen molar-refractivity contribution >= 4 is 17.9 Å². The summed E-state index contributed by atoms with van der Waals surface area (Å²) < 4.78 is 17.4. The van der Waals surface area contributed by atoms with Crippen molar-refractivity contribution in [2.45, 2.75) is 289 Å². The maximum absolute atomic E-state index is 12.8. The van der Waals surface area contributed by atoms with Gasteiger partial charge in [0.2, 0.25) is 0 Å². The third-order valence-electron chi connectivity index (χ3n) is 12.8. The summed E-state index contributed by atoms with van der Waals surface area (Å²) in [6, 6.07) is -0.609. The Bertz CT molecular complexity index is 982. The minimum Gasteiger partial charge on any atom is -0.477 e. The molecule has 0 aromatic heterocycles. The van der Waals surface area contributed by atoms with Crippen LogP contribution in [0.4, 0.5) is 0 Å². The van der Waals surface area contributed by atoms with E-state index < -0.39 is 18.1 Å². The van der Waals surface area contributed by atoms with Gasteiger partial charge in [-0.05, 0) is 12.8 Å². The van der Waals surface area contributed by atoms with Crippen LogP contribution in [0.2, 0.25) is 0 Å². The first-order valence-corrected chi connectivity index (χ1v) is 27.1. The molecule has 8 heteroatoms. The first-order chi connectivity index (χ1) is 30.1. The van der Waals surface area contributed by atoms with Crippen LogP contribution < -0.4 is 0 Å². The maximum atomic E-state index is 12.8. The zero-order valence-corrected chi connectivity index (χ0v) is 42.1. The number of carbonyl (C=O) groups is 3. The number of aliphatic carboxylic acids is 1. The summed E-state index contributed by atoms with van der Waals surface area (Å²) in [5, 5.41) is 9.66. The molecule has 0 amide bonds. The third kappa shape index (κ3) is 43.6. The minimum atomic E-state index is -0.868. The smallest absolute Gasteiger partial charge is 0.362 e. The summed E-state index contributed by atoms with van der Waals surface area (Å²) in [6.45, 7) is 4.81. The fourth-order valence-corrected chi connectivity index (χ4v) is 8.57. The largest absolute Gasteiger partial charge is 0.477 e. The van der Waals surface area contributed by atoms with Crippen LogP contribution in [-0.4, -0.2) is 80.6 Å². The van der Waals surface area contributed by atoms with Crippen LogP contribution in [0.15, 0.2) is 0 Å². The molecule has 0 bridgehead atoms. The number of hydrogen-bond acceptors (Lipinski definition) is 6. The molecular formula is C54H106NO7+. The van der Waals surface area contributed by atoms with E-state index in [4.69, 9.17) is 14.2 Å². The van der Waals surface area contributed by atoms with Crippen LogP contribution >= 0.6 is 0 Å². The predicted molar refractivity (Wildman–Crippen MR) is 262 cm³/mol.